The van der Waals surface area contributed by atoms with Gasteiger partial charge in [0, 0.05) is 27.2 Å². The molecule has 0 unspecified atom stereocenters. The Hall–Kier alpha value is -1.96. The molecule has 2 rings (SSSR count). The molecule has 1 saturated heterocycles. The van der Waals surface area contributed by atoms with E-state index in [2.05, 4.69) is 27.3 Å². The number of amides is 2. The Bertz CT molecular complexity index is 530. The van der Waals surface area contributed by atoms with Gasteiger partial charge in [-0.1, -0.05) is 24.9 Å². The van der Waals surface area contributed by atoms with E-state index < -0.39 is 0 Å². The molecule has 8 heteroatoms. The molecule has 1 aliphatic heterocycles. The summed E-state index contributed by atoms with van der Waals surface area (Å²) in [5.74, 6) is 0.123. The molecule has 0 aromatic carbocycles. The van der Waals surface area contributed by atoms with E-state index >= 15 is 0 Å². The summed E-state index contributed by atoms with van der Waals surface area (Å²) in [5.41, 5.74) is 0. The molecular weight excluding hydrogens is 286 g/mol. The average Bonchev–Trinajstić information content (AvgIpc) is 2.98. The Labute approximate surface area is 129 Å². The molecule has 1 fully saturated rings. The van der Waals surface area contributed by atoms with Crippen LogP contribution in [0.3, 0.4) is 0 Å². The zero-order chi connectivity index (χ0) is 16.1. The smallest absolute Gasteiger partial charge is 0.292 e. The van der Waals surface area contributed by atoms with Gasteiger partial charge in [0.05, 0.1) is 12.6 Å². The lowest BCUT2D eigenvalue weighted by atomic mass is 10.0. The van der Waals surface area contributed by atoms with Crippen molar-refractivity contribution in [2.45, 2.75) is 38.8 Å². The molecule has 0 saturated carbocycles. The molecule has 0 bridgehead atoms. The topological polar surface area (TPSA) is 91.6 Å². The Balaban J connectivity index is 2.06. The number of likely N-dealkylation sites (N-methyl/N-ethyl adjacent to an activating group) is 1. The minimum Gasteiger partial charge on any atom is -0.352 e. The van der Waals surface area contributed by atoms with E-state index in [1.165, 1.54) is 7.05 Å². The lowest BCUT2D eigenvalue weighted by Gasteiger charge is -2.38. The van der Waals surface area contributed by atoms with Gasteiger partial charge in [-0.2, -0.15) is 4.98 Å². The van der Waals surface area contributed by atoms with Crippen molar-refractivity contribution < 1.29 is 14.1 Å². The van der Waals surface area contributed by atoms with Crippen molar-refractivity contribution in [3.05, 3.63) is 11.7 Å². The second-order valence-electron chi connectivity index (χ2n) is 5.48. The van der Waals surface area contributed by atoms with E-state index in [9.17, 15) is 9.59 Å². The summed E-state index contributed by atoms with van der Waals surface area (Å²) in [6, 6.07) is -0.158. The predicted molar refractivity (Wildman–Crippen MR) is 79.0 cm³/mol. The number of nitrogens with one attached hydrogen (secondary N) is 1. The van der Waals surface area contributed by atoms with Crippen molar-refractivity contribution in [2.75, 3.05) is 27.2 Å². The number of carbonyl (C=O) groups excluding carboxylic acids is 2. The molecule has 0 aliphatic carbocycles. The molecule has 2 heterocycles. The molecule has 0 radical (unpaired) electrons. The minimum atomic E-state index is -0.382. The van der Waals surface area contributed by atoms with Crippen molar-refractivity contribution in [1.82, 2.24) is 25.3 Å². The van der Waals surface area contributed by atoms with Crippen LogP contribution in [0.1, 0.15) is 42.7 Å². The van der Waals surface area contributed by atoms with Crippen molar-refractivity contribution in [1.29, 1.82) is 0 Å². The first-order valence-corrected chi connectivity index (χ1v) is 7.60. The number of hydrogen-bond acceptors (Lipinski definition) is 6. The first kappa shape index (κ1) is 16.4. The highest BCUT2D eigenvalue weighted by Gasteiger charge is 2.33. The fourth-order valence-corrected chi connectivity index (χ4v) is 2.54. The molecule has 0 spiro atoms. The van der Waals surface area contributed by atoms with Crippen LogP contribution in [0.5, 0.6) is 0 Å². The molecule has 122 valence electrons. The van der Waals surface area contributed by atoms with Crippen LogP contribution < -0.4 is 5.32 Å². The van der Waals surface area contributed by atoms with E-state index in [1.54, 1.807) is 4.90 Å². The third-order valence-electron chi connectivity index (χ3n) is 3.89. The molecule has 1 aromatic rings. The van der Waals surface area contributed by atoms with Crippen LogP contribution >= 0.6 is 0 Å². The van der Waals surface area contributed by atoms with E-state index in [-0.39, 0.29) is 23.7 Å². The fourth-order valence-electron chi connectivity index (χ4n) is 2.54. The van der Waals surface area contributed by atoms with Crippen molar-refractivity contribution in [2.24, 2.45) is 0 Å². The number of piperazine rings is 1. The quantitative estimate of drug-likeness (QED) is 0.810. The summed E-state index contributed by atoms with van der Waals surface area (Å²) >= 11 is 0. The Kier molecular flexibility index (Phi) is 5.48. The van der Waals surface area contributed by atoms with Gasteiger partial charge in [0.15, 0.2) is 0 Å². The van der Waals surface area contributed by atoms with Crippen LogP contribution in [0.4, 0.5) is 0 Å². The SMILES string of the molecule is CCCC[C@@H]1C(=O)N(C)CCN1Cc1nc(C(=O)NC)no1. The summed E-state index contributed by atoms with van der Waals surface area (Å²) in [6.45, 7) is 3.93. The highest BCUT2D eigenvalue weighted by atomic mass is 16.5. The highest BCUT2D eigenvalue weighted by molar-refractivity contribution is 5.89. The molecular formula is C14H23N5O3. The molecule has 22 heavy (non-hydrogen) atoms. The Morgan fingerprint density at radius 1 is 1.45 bits per heavy atom. The minimum absolute atomic E-state index is 0.0167. The number of carbonyl (C=O) groups is 2. The maximum atomic E-state index is 12.3. The van der Waals surface area contributed by atoms with Crippen molar-refractivity contribution in [3.63, 3.8) is 0 Å². The van der Waals surface area contributed by atoms with E-state index in [0.717, 1.165) is 25.8 Å². The molecule has 1 atom stereocenters. The maximum absolute atomic E-state index is 12.3. The first-order valence-electron chi connectivity index (χ1n) is 7.60. The number of nitrogens with zero attached hydrogens (tertiary/aromatic N) is 4. The Morgan fingerprint density at radius 3 is 2.91 bits per heavy atom. The molecule has 1 N–H and O–H groups in total. The van der Waals surface area contributed by atoms with E-state index in [4.69, 9.17) is 4.52 Å². The molecule has 2 amide bonds. The van der Waals surface area contributed by atoms with Gasteiger partial charge in [-0.3, -0.25) is 14.5 Å². The van der Waals surface area contributed by atoms with Gasteiger partial charge in [-0.15, -0.1) is 0 Å². The zero-order valence-electron chi connectivity index (χ0n) is 13.3. The average molecular weight is 309 g/mol. The first-order chi connectivity index (χ1) is 10.6. The van der Waals surface area contributed by atoms with Gasteiger partial charge in [0.2, 0.25) is 11.8 Å². The van der Waals surface area contributed by atoms with Crippen LogP contribution in [0.2, 0.25) is 0 Å². The second kappa shape index (κ2) is 7.35. The normalized spacial score (nSPS) is 19.5. The van der Waals surface area contributed by atoms with Crippen LogP contribution in [0.25, 0.3) is 0 Å². The van der Waals surface area contributed by atoms with Crippen LogP contribution in [0, 0.1) is 0 Å². The van der Waals surface area contributed by atoms with Gasteiger partial charge in [0.1, 0.15) is 0 Å². The van der Waals surface area contributed by atoms with Crippen LogP contribution in [-0.2, 0) is 11.3 Å². The molecule has 8 nitrogen and oxygen atoms in total. The summed E-state index contributed by atoms with van der Waals surface area (Å²) in [5, 5.41) is 6.10. The number of hydrogen-bond donors (Lipinski definition) is 1. The lowest BCUT2D eigenvalue weighted by Crippen LogP contribution is -2.55. The van der Waals surface area contributed by atoms with Gasteiger partial charge in [-0.05, 0) is 6.42 Å². The lowest BCUT2D eigenvalue weighted by molar-refractivity contribution is -0.141. The summed E-state index contributed by atoms with van der Waals surface area (Å²) in [6.07, 6.45) is 2.85. The largest absolute Gasteiger partial charge is 0.352 e. The molecule has 1 aromatic heterocycles. The number of aromatic nitrogens is 2. The third-order valence-corrected chi connectivity index (χ3v) is 3.89. The van der Waals surface area contributed by atoms with Gasteiger partial charge >= 0.3 is 0 Å². The van der Waals surface area contributed by atoms with Crippen LogP contribution in [-0.4, -0.2) is 65.0 Å². The maximum Gasteiger partial charge on any atom is 0.292 e. The molecule has 1 aliphatic rings. The fraction of sp³-hybridized carbons (Fsp3) is 0.714. The number of rotatable bonds is 6. The monoisotopic (exact) mass is 309 g/mol. The second-order valence-corrected chi connectivity index (χ2v) is 5.48. The van der Waals surface area contributed by atoms with Crippen LogP contribution in [0.15, 0.2) is 4.52 Å². The standard InChI is InChI=1S/C14H23N5O3/c1-4-5-6-10-14(21)18(3)7-8-19(10)9-11-16-12(17-22-11)13(20)15-2/h10H,4-9H2,1-3H3,(H,15,20)/t10-/m1/s1. The highest BCUT2D eigenvalue weighted by Crippen LogP contribution is 2.18. The zero-order valence-corrected chi connectivity index (χ0v) is 13.3. The summed E-state index contributed by atoms with van der Waals surface area (Å²) in [4.78, 5) is 31.7. The third kappa shape index (κ3) is 3.62. The van der Waals surface area contributed by atoms with Crippen molar-refractivity contribution in [3.8, 4) is 0 Å². The summed E-state index contributed by atoms with van der Waals surface area (Å²) in [7, 11) is 3.34. The Morgan fingerprint density at radius 2 is 2.23 bits per heavy atom. The van der Waals surface area contributed by atoms with Gasteiger partial charge in [0.25, 0.3) is 11.7 Å². The van der Waals surface area contributed by atoms with Crippen molar-refractivity contribution >= 4 is 11.8 Å². The summed E-state index contributed by atoms with van der Waals surface area (Å²) < 4.78 is 5.12. The van der Waals surface area contributed by atoms with Gasteiger partial charge < -0.3 is 14.7 Å². The number of unbranched alkanes of at least 4 members (excludes halogenated alkanes) is 1. The van der Waals surface area contributed by atoms with E-state index in [0.29, 0.717) is 19.0 Å². The van der Waals surface area contributed by atoms with E-state index in [1.807, 2.05) is 7.05 Å². The predicted octanol–water partition coefficient (Wildman–Crippen LogP) is 0.262. The van der Waals surface area contributed by atoms with Gasteiger partial charge in [-0.25, -0.2) is 0 Å².